The molecule has 0 spiro atoms. The van der Waals surface area contributed by atoms with E-state index in [-0.39, 0.29) is 18.1 Å². The zero-order valence-electron chi connectivity index (χ0n) is 14.8. The second-order valence-electron chi connectivity index (χ2n) is 6.83. The topological polar surface area (TPSA) is 67.8 Å². The van der Waals surface area contributed by atoms with Crippen molar-refractivity contribution in [2.24, 2.45) is 0 Å². The molecular formula is C19H27NO4S. The number of amides is 1. The number of benzene rings is 1. The summed E-state index contributed by atoms with van der Waals surface area (Å²) in [5, 5.41) is 12.2. The number of methoxy groups -OCH3 is 1. The van der Waals surface area contributed by atoms with Crippen LogP contribution in [0.25, 0.3) is 0 Å². The molecule has 1 aromatic carbocycles. The molecule has 1 aliphatic heterocycles. The second-order valence-corrected chi connectivity index (χ2v) is 8.06. The third-order valence-corrected chi connectivity index (χ3v) is 6.27. The van der Waals surface area contributed by atoms with Gasteiger partial charge in [-0.15, -0.1) is 0 Å². The molecule has 1 saturated carbocycles. The molecular weight excluding hydrogens is 338 g/mol. The molecule has 1 heterocycles. The highest BCUT2D eigenvalue weighted by Gasteiger charge is 2.53. The molecule has 1 saturated heterocycles. The monoisotopic (exact) mass is 365 g/mol. The predicted molar refractivity (Wildman–Crippen MR) is 99.2 cm³/mol. The van der Waals surface area contributed by atoms with Crippen LogP contribution in [0.3, 0.4) is 0 Å². The Balaban J connectivity index is 1.68. The summed E-state index contributed by atoms with van der Waals surface area (Å²) in [4.78, 5) is 13.0. The minimum Gasteiger partial charge on any atom is -0.496 e. The predicted octanol–water partition coefficient (Wildman–Crippen LogP) is 2.12. The Labute approximate surface area is 153 Å². The van der Waals surface area contributed by atoms with Crippen LogP contribution in [0.1, 0.15) is 31.2 Å². The minimum absolute atomic E-state index is 0.00793. The van der Waals surface area contributed by atoms with Crippen molar-refractivity contribution in [2.45, 2.75) is 36.7 Å². The Morgan fingerprint density at radius 3 is 2.60 bits per heavy atom. The summed E-state index contributed by atoms with van der Waals surface area (Å²) in [6, 6.07) is 7.77. The summed E-state index contributed by atoms with van der Waals surface area (Å²) in [6.07, 6.45) is 3.50. The smallest absolute Gasteiger partial charge is 0.230 e. The van der Waals surface area contributed by atoms with Gasteiger partial charge in [0.25, 0.3) is 0 Å². The summed E-state index contributed by atoms with van der Waals surface area (Å²) in [7, 11) is 1.64. The molecule has 2 N–H and O–H groups in total. The fourth-order valence-electron chi connectivity index (χ4n) is 3.57. The van der Waals surface area contributed by atoms with Crippen molar-refractivity contribution in [3.05, 3.63) is 29.8 Å². The Kier molecular flexibility index (Phi) is 5.92. The zero-order valence-corrected chi connectivity index (χ0v) is 15.6. The van der Waals surface area contributed by atoms with Crippen LogP contribution in [-0.4, -0.2) is 55.0 Å². The third kappa shape index (κ3) is 3.96. The molecule has 2 aliphatic rings. The molecule has 6 heteroatoms. The van der Waals surface area contributed by atoms with Crippen molar-refractivity contribution in [3.63, 3.8) is 0 Å². The van der Waals surface area contributed by atoms with Gasteiger partial charge >= 0.3 is 0 Å². The van der Waals surface area contributed by atoms with Gasteiger partial charge in [-0.1, -0.05) is 18.2 Å². The lowest BCUT2D eigenvalue weighted by molar-refractivity contribution is -0.126. The molecule has 138 valence electrons. The van der Waals surface area contributed by atoms with Crippen molar-refractivity contribution < 1.29 is 19.4 Å². The van der Waals surface area contributed by atoms with Gasteiger partial charge in [-0.05, 0) is 43.3 Å². The average Bonchev–Trinajstić information content (AvgIpc) is 3.47. The van der Waals surface area contributed by atoms with Crippen LogP contribution < -0.4 is 10.1 Å². The van der Waals surface area contributed by atoms with Crippen molar-refractivity contribution in [3.8, 4) is 5.75 Å². The zero-order chi connectivity index (χ0) is 17.8. The number of ether oxygens (including phenoxy) is 2. The Morgan fingerprint density at radius 1 is 1.24 bits per heavy atom. The summed E-state index contributed by atoms with van der Waals surface area (Å²) < 4.78 is 11.4. The number of aliphatic hydroxyl groups is 1. The van der Waals surface area contributed by atoms with Crippen LogP contribution in [-0.2, 0) is 14.9 Å². The first-order valence-corrected chi connectivity index (χ1v) is 10.1. The summed E-state index contributed by atoms with van der Waals surface area (Å²) in [5.41, 5.74) is 0.161. The molecule has 2 fully saturated rings. The molecule has 0 aromatic heterocycles. The van der Waals surface area contributed by atoms with Crippen molar-refractivity contribution in [2.75, 3.05) is 38.4 Å². The molecule has 1 aromatic rings. The van der Waals surface area contributed by atoms with Crippen LogP contribution >= 0.6 is 11.8 Å². The SMILES string of the molecule is COc1ccccc1C1(C(=O)NCC2(OCCO)CCSCC2)CC1. The Bertz CT molecular complexity index is 597. The highest BCUT2D eigenvalue weighted by molar-refractivity contribution is 7.99. The van der Waals surface area contributed by atoms with Gasteiger partial charge in [0, 0.05) is 12.1 Å². The number of para-hydroxylation sites is 1. The minimum atomic E-state index is -0.464. The normalized spacial score (nSPS) is 20.7. The van der Waals surface area contributed by atoms with Gasteiger partial charge in [0.15, 0.2) is 0 Å². The molecule has 0 unspecified atom stereocenters. The molecule has 5 nitrogen and oxygen atoms in total. The highest BCUT2D eigenvalue weighted by atomic mass is 32.2. The maximum Gasteiger partial charge on any atom is 0.230 e. The summed E-state index contributed by atoms with van der Waals surface area (Å²) in [6.45, 7) is 0.829. The van der Waals surface area contributed by atoms with E-state index < -0.39 is 5.41 Å². The van der Waals surface area contributed by atoms with E-state index in [9.17, 15) is 4.79 Å². The number of carbonyl (C=O) groups excluding carboxylic acids is 1. The van der Waals surface area contributed by atoms with Crippen molar-refractivity contribution >= 4 is 17.7 Å². The van der Waals surface area contributed by atoms with E-state index in [1.54, 1.807) is 7.11 Å². The highest BCUT2D eigenvalue weighted by Crippen LogP contribution is 2.51. The van der Waals surface area contributed by atoms with Crippen LogP contribution in [0.15, 0.2) is 24.3 Å². The molecule has 3 rings (SSSR count). The fraction of sp³-hybridized carbons (Fsp3) is 0.632. The lowest BCUT2D eigenvalue weighted by atomic mass is 9.92. The fourth-order valence-corrected chi connectivity index (χ4v) is 4.81. The Hall–Kier alpha value is -1.24. The van der Waals surface area contributed by atoms with E-state index >= 15 is 0 Å². The molecule has 0 radical (unpaired) electrons. The number of nitrogens with one attached hydrogen (secondary N) is 1. The van der Waals surface area contributed by atoms with Crippen LogP contribution in [0, 0.1) is 0 Å². The van der Waals surface area contributed by atoms with E-state index in [1.807, 2.05) is 36.0 Å². The van der Waals surface area contributed by atoms with E-state index in [1.165, 1.54) is 0 Å². The molecule has 0 bridgehead atoms. The molecule has 1 amide bonds. The van der Waals surface area contributed by atoms with Gasteiger partial charge < -0.3 is 19.9 Å². The van der Waals surface area contributed by atoms with Gasteiger partial charge in [0.05, 0.1) is 31.3 Å². The lowest BCUT2D eigenvalue weighted by Crippen LogP contribution is -2.50. The number of thioether (sulfide) groups is 1. The van der Waals surface area contributed by atoms with E-state index in [0.29, 0.717) is 13.2 Å². The quantitative estimate of drug-likeness (QED) is 0.739. The number of rotatable bonds is 8. The van der Waals surface area contributed by atoms with E-state index in [0.717, 1.165) is 48.5 Å². The third-order valence-electron chi connectivity index (χ3n) is 5.28. The van der Waals surface area contributed by atoms with E-state index in [4.69, 9.17) is 14.6 Å². The van der Waals surface area contributed by atoms with Gasteiger partial charge in [-0.3, -0.25) is 4.79 Å². The molecule has 25 heavy (non-hydrogen) atoms. The molecule has 1 aliphatic carbocycles. The van der Waals surface area contributed by atoms with Gasteiger partial charge in [-0.2, -0.15) is 11.8 Å². The maximum absolute atomic E-state index is 13.0. The van der Waals surface area contributed by atoms with Gasteiger partial charge in [0.2, 0.25) is 5.91 Å². The first-order chi connectivity index (χ1) is 12.2. The lowest BCUT2D eigenvalue weighted by Gasteiger charge is -2.37. The molecule has 0 atom stereocenters. The van der Waals surface area contributed by atoms with Gasteiger partial charge in [-0.25, -0.2) is 0 Å². The first kappa shape index (κ1) is 18.5. The second kappa shape index (κ2) is 7.98. The maximum atomic E-state index is 13.0. The van der Waals surface area contributed by atoms with Crippen molar-refractivity contribution in [1.82, 2.24) is 5.32 Å². The summed E-state index contributed by atoms with van der Waals surface area (Å²) >= 11 is 1.91. The van der Waals surface area contributed by atoms with Crippen LogP contribution in [0.2, 0.25) is 0 Å². The first-order valence-electron chi connectivity index (χ1n) is 8.90. The number of hydrogen-bond donors (Lipinski definition) is 2. The van der Waals surface area contributed by atoms with Crippen LogP contribution in [0.5, 0.6) is 5.75 Å². The Morgan fingerprint density at radius 2 is 1.96 bits per heavy atom. The van der Waals surface area contributed by atoms with Gasteiger partial charge in [0.1, 0.15) is 5.75 Å². The number of carbonyl (C=O) groups is 1. The van der Waals surface area contributed by atoms with Crippen molar-refractivity contribution in [1.29, 1.82) is 0 Å². The van der Waals surface area contributed by atoms with Crippen LogP contribution in [0.4, 0.5) is 0 Å². The number of hydrogen-bond acceptors (Lipinski definition) is 5. The standard InChI is InChI=1S/C19H27NO4S/c1-23-16-5-3-2-4-15(16)19(6-7-19)17(22)20-14-18(24-11-10-21)8-12-25-13-9-18/h2-5,21H,6-14H2,1H3,(H,20,22). The average molecular weight is 365 g/mol. The largest absolute Gasteiger partial charge is 0.496 e. The number of aliphatic hydroxyl groups excluding tert-OH is 1. The van der Waals surface area contributed by atoms with E-state index in [2.05, 4.69) is 5.32 Å². The summed E-state index contributed by atoms with van der Waals surface area (Å²) in [5.74, 6) is 2.88.